The van der Waals surface area contributed by atoms with Crippen LogP contribution in [0, 0.1) is 21.4 Å². The summed E-state index contributed by atoms with van der Waals surface area (Å²) in [5.74, 6) is 0. The van der Waals surface area contributed by atoms with E-state index in [0.29, 0.717) is 4.90 Å². The fourth-order valence-electron chi connectivity index (χ4n) is 3.01. The summed E-state index contributed by atoms with van der Waals surface area (Å²) in [5, 5.41) is 20.9. The molecule has 1 heterocycles. The van der Waals surface area contributed by atoms with Crippen molar-refractivity contribution in [1.82, 2.24) is 4.31 Å². The maximum Gasteiger partial charge on any atom is 0.284 e. The number of hydrogen-bond acceptors (Lipinski definition) is 5. The molecular formula is C18H17N3O2S. The Bertz CT molecular complexity index is 765. The Labute approximate surface area is 145 Å². The van der Waals surface area contributed by atoms with E-state index in [2.05, 4.69) is 10.4 Å². The third-order valence-corrected chi connectivity index (χ3v) is 5.57. The maximum atomic E-state index is 11.1. The van der Waals surface area contributed by atoms with Gasteiger partial charge in [-0.3, -0.25) is 10.1 Å². The molecule has 0 radical (unpaired) electrons. The molecule has 0 aromatic heterocycles. The van der Waals surface area contributed by atoms with Gasteiger partial charge in [-0.2, -0.15) is 5.26 Å². The first-order valence-electron chi connectivity index (χ1n) is 7.78. The smallest absolute Gasteiger partial charge is 0.258 e. The van der Waals surface area contributed by atoms with Crippen molar-refractivity contribution >= 4 is 17.6 Å². The molecule has 0 atom stereocenters. The number of para-hydroxylation sites is 1. The highest BCUT2D eigenvalue weighted by Crippen LogP contribution is 2.39. The van der Waals surface area contributed by atoms with Crippen molar-refractivity contribution in [2.75, 3.05) is 13.1 Å². The topological polar surface area (TPSA) is 70.2 Å². The molecule has 2 aromatic rings. The lowest BCUT2D eigenvalue weighted by molar-refractivity contribution is -0.387. The van der Waals surface area contributed by atoms with Gasteiger partial charge < -0.3 is 0 Å². The zero-order valence-electron chi connectivity index (χ0n) is 13.1. The van der Waals surface area contributed by atoms with E-state index >= 15 is 0 Å². The van der Waals surface area contributed by atoms with Gasteiger partial charge in [0.2, 0.25) is 0 Å². The zero-order valence-corrected chi connectivity index (χ0v) is 13.9. The summed E-state index contributed by atoms with van der Waals surface area (Å²) in [5.41, 5.74) is 0.728. The van der Waals surface area contributed by atoms with Crippen LogP contribution < -0.4 is 0 Å². The number of nitriles is 1. The highest BCUT2D eigenvalue weighted by Gasteiger charge is 2.37. The first kappa shape index (κ1) is 16.5. The highest BCUT2D eigenvalue weighted by molar-refractivity contribution is 7.97. The molecule has 0 aliphatic carbocycles. The van der Waals surface area contributed by atoms with E-state index in [4.69, 9.17) is 0 Å². The zero-order chi connectivity index (χ0) is 17.0. The van der Waals surface area contributed by atoms with Gasteiger partial charge in [0, 0.05) is 19.2 Å². The average molecular weight is 339 g/mol. The Morgan fingerprint density at radius 1 is 1.08 bits per heavy atom. The van der Waals surface area contributed by atoms with E-state index in [1.165, 1.54) is 18.0 Å². The fourth-order valence-corrected chi connectivity index (χ4v) is 4.02. The molecule has 1 fully saturated rings. The molecule has 0 bridgehead atoms. The lowest BCUT2D eigenvalue weighted by Crippen LogP contribution is -2.38. The third-order valence-electron chi connectivity index (χ3n) is 4.41. The molecule has 2 aromatic carbocycles. The number of nitrogens with zero attached hydrogens (tertiary/aromatic N) is 3. The second-order valence-corrected chi connectivity index (χ2v) is 6.94. The van der Waals surface area contributed by atoms with Crippen LogP contribution in [0.3, 0.4) is 0 Å². The van der Waals surface area contributed by atoms with E-state index in [1.54, 1.807) is 12.1 Å². The Morgan fingerprint density at radius 2 is 1.71 bits per heavy atom. The van der Waals surface area contributed by atoms with Crippen LogP contribution in [0.15, 0.2) is 59.5 Å². The highest BCUT2D eigenvalue weighted by atomic mass is 32.2. The van der Waals surface area contributed by atoms with Crippen LogP contribution in [-0.2, 0) is 5.41 Å². The Balaban J connectivity index is 1.72. The number of piperidine rings is 1. The van der Waals surface area contributed by atoms with E-state index in [1.807, 2.05) is 36.4 Å². The van der Waals surface area contributed by atoms with E-state index in [-0.39, 0.29) is 10.6 Å². The first-order valence-corrected chi connectivity index (χ1v) is 8.55. The number of benzene rings is 2. The van der Waals surface area contributed by atoms with E-state index in [9.17, 15) is 15.4 Å². The summed E-state index contributed by atoms with van der Waals surface area (Å²) in [4.78, 5) is 11.4. The molecule has 1 aliphatic heterocycles. The second kappa shape index (κ2) is 7.04. The molecule has 24 heavy (non-hydrogen) atoms. The Hall–Kier alpha value is -2.36. The molecule has 122 valence electrons. The standard InChI is InChI=1S/C18H17N3O2S/c19-14-18(15-6-2-1-3-7-15)10-12-20(13-11-18)24-17-9-5-4-8-16(17)21(22)23/h1-9H,10-13H2. The SMILES string of the molecule is N#CC1(c2ccccc2)CCN(Sc2ccccc2[N+](=O)[O-])CC1. The lowest BCUT2D eigenvalue weighted by Gasteiger charge is -2.36. The van der Waals surface area contributed by atoms with Gasteiger partial charge in [-0.1, -0.05) is 42.5 Å². The van der Waals surface area contributed by atoms with Gasteiger partial charge in [-0.15, -0.1) is 0 Å². The van der Waals surface area contributed by atoms with Gasteiger partial charge >= 0.3 is 0 Å². The van der Waals surface area contributed by atoms with Crippen LogP contribution in [-0.4, -0.2) is 22.3 Å². The monoisotopic (exact) mass is 339 g/mol. The number of nitro benzene ring substituents is 1. The Kier molecular flexibility index (Phi) is 4.84. The van der Waals surface area contributed by atoms with Crippen molar-refractivity contribution in [3.8, 4) is 6.07 Å². The molecule has 0 unspecified atom stereocenters. The molecule has 1 saturated heterocycles. The number of nitro groups is 1. The van der Waals surface area contributed by atoms with Crippen LogP contribution in [0.25, 0.3) is 0 Å². The van der Waals surface area contributed by atoms with Crippen LogP contribution in [0.5, 0.6) is 0 Å². The van der Waals surface area contributed by atoms with Crippen molar-refractivity contribution in [3.05, 3.63) is 70.3 Å². The van der Waals surface area contributed by atoms with Gasteiger partial charge in [0.05, 0.1) is 16.4 Å². The molecule has 0 amide bonds. The average Bonchev–Trinajstić information content (AvgIpc) is 2.63. The quantitative estimate of drug-likeness (QED) is 0.475. The summed E-state index contributed by atoms with van der Waals surface area (Å²) in [6.07, 6.45) is 1.45. The minimum Gasteiger partial charge on any atom is -0.258 e. The van der Waals surface area contributed by atoms with Crippen molar-refractivity contribution in [3.63, 3.8) is 0 Å². The van der Waals surface area contributed by atoms with Crippen molar-refractivity contribution in [2.45, 2.75) is 23.2 Å². The Morgan fingerprint density at radius 3 is 2.33 bits per heavy atom. The largest absolute Gasteiger partial charge is 0.284 e. The van der Waals surface area contributed by atoms with Crippen LogP contribution >= 0.6 is 11.9 Å². The summed E-state index contributed by atoms with van der Waals surface area (Å²) < 4.78 is 2.11. The van der Waals surface area contributed by atoms with E-state index in [0.717, 1.165) is 31.5 Å². The van der Waals surface area contributed by atoms with Gasteiger partial charge in [-0.05, 0) is 36.4 Å². The van der Waals surface area contributed by atoms with Crippen molar-refractivity contribution in [1.29, 1.82) is 5.26 Å². The lowest BCUT2D eigenvalue weighted by atomic mass is 9.74. The number of hydrogen-bond donors (Lipinski definition) is 0. The second-order valence-electron chi connectivity index (χ2n) is 5.81. The minimum atomic E-state index is -0.457. The van der Waals surface area contributed by atoms with Crippen molar-refractivity contribution in [2.24, 2.45) is 0 Å². The third kappa shape index (κ3) is 3.28. The minimum absolute atomic E-state index is 0.127. The van der Waals surface area contributed by atoms with Crippen LogP contribution in [0.1, 0.15) is 18.4 Å². The summed E-state index contributed by atoms with van der Waals surface area (Å²) in [7, 11) is 0. The number of rotatable bonds is 4. The fraction of sp³-hybridized carbons (Fsp3) is 0.278. The van der Waals surface area contributed by atoms with Crippen LogP contribution in [0.2, 0.25) is 0 Å². The van der Waals surface area contributed by atoms with Crippen LogP contribution in [0.4, 0.5) is 5.69 Å². The molecule has 1 aliphatic rings. The van der Waals surface area contributed by atoms with Gasteiger partial charge in [0.25, 0.3) is 5.69 Å². The molecule has 5 nitrogen and oxygen atoms in total. The molecular weight excluding hydrogens is 322 g/mol. The molecule has 6 heteroatoms. The van der Waals surface area contributed by atoms with Gasteiger partial charge in [-0.25, -0.2) is 4.31 Å². The van der Waals surface area contributed by atoms with E-state index < -0.39 is 5.41 Å². The van der Waals surface area contributed by atoms with Gasteiger partial charge in [0.15, 0.2) is 0 Å². The maximum absolute atomic E-state index is 11.1. The van der Waals surface area contributed by atoms with Gasteiger partial charge in [0.1, 0.15) is 4.90 Å². The summed E-state index contributed by atoms with van der Waals surface area (Å²) >= 11 is 1.41. The summed E-state index contributed by atoms with van der Waals surface area (Å²) in [6, 6.07) is 19.2. The predicted molar refractivity (Wildman–Crippen MR) is 93.5 cm³/mol. The molecule has 0 saturated carbocycles. The van der Waals surface area contributed by atoms with Crippen molar-refractivity contribution < 1.29 is 4.92 Å². The summed E-state index contributed by atoms with van der Waals surface area (Å²) in [6.45, 7) is 1.44. The molecule has 0 spiro atoms. The molecule has 3 rings (SSSR count). The normalized spacial score (nSPS) is 17.1. The predicted octanol–water partition coefficient (Wildman–Crippen LogP) is 4.16. The molecule has 0 N–H and O–H groups in total. The first-order chi connectivity index (χ1) is 11.6.